The third kappa shape index (κ3) is 3.98. The van der Waals surface area contributed by atoms with Gasteiger partial charge in [0.25, 0.3) is 0 Å². The summed E-state index contributed by atoms with van der Waals surface area (Å²) in [4.78, 5) is 12.1. The largest absolute Gasteiger partial charge is 0.397 e. The van der Waals surface area contributed by atoms with Crippen molar-refractivity contribution >= 4 is 45.6 Å². The summed E-state index contributed by atoms with van der Waals surface area (Å²) in [5.41, 5.74) is 9.60. The number of carbonyl (C=O) groups is 1. The van der Waals surface area contributed by atoms with Gasteiger partial charge in [-0.15, -0.1) is 12.4 Å². The SMILES string of the molecule is Cc1cc(Br)cc(NC(=O)Cc2c(C)noc2C)c1N.Cl. The minimum Gasteiger partial charge on any atom is -0.397 e. The number of carbonyl (C=O) groups excluding carboxylic acids is 1. The maximum atomic E-state index is 12.1. The fourth-order valence-corrected chi connectivity index (χ4v) is 2.54. The van der Waals surface area contributed by atoms with Crippen LogP contribution in [0.1, 0.15) is 22.6 Å². The maximum Gasteiger partial charge on any atom is 0.229 e. The van der Waals surface area contributed by atoms with Gasteiger partial charge < -0.3 is 15.6 Å². The molecule has 0 unspecified atom stereocenters. The predicted octanol–water partition coefficient (Wildman–Crippen LogP) is 3.55. The van der Waals surface area contributed by atoms with E-state index in [1.54, 1.807) is 13.0 Å². The Morgan fingerprint density at radius 1 is 1.38 bits per heavy atom. The Hall–Kier alpha value is -1.53. The van der Waals surface area contributed by atoms with E-state index >= 15 is 0 Å². The molecule has 0 saturated carbocycles. The molecule has 0 aliphatic heterocycles. The molecule has 3 N–H and O–H groups in total. The van der Waals surface area contributed by atoms with E-state index in [0.29, 0.717) is 17.1 Å². The van der Waals surface area contributed by atoms with E-state index in [1.807, 2.05) is 19.9 Å². The molecule has 2 aromatic rings. The Morgan fingerprint density at radius 2 is 2.05 bits per heavy atom. The highest BCUT2D eigenvalue weighted by molar-refractivity contribution is 9.10. The molecule has 0 spiro atoms. The number of nitrogens with one attached hydrogen (secondary N) is 1. The quantitative estimate of drug-likeness (QED) is 0.805. The van der Waals surface area contributed by atoms with E-state index in [4.69, 9.17) is 10.3 Å². The Morgan fingerprint density at radius 3 is 2.62 bits per heavy atom. The standard InChI is InChI=1S/C14H16BrN3O2.ClH/c1-7-4-10(15)5-12(14(7)16)17-13(19)6-11-8(2)18-20-9(11)3;/h4-5H,6,16H2,1-3H3,(H,17,19);1H. The second kappa shape index (κ2) is 6.95. The number of halogens is 2. The highest BCUT2D eigenvalue weighted by Gasteiger charge is 2.15. The molecule has 1 amide bonds. The minimum atomic E-state index is -0.149. The van der Waals surface area contributed by atoms with Gasteiger partial charge in [0.05, 0.1) is 23.5 Å². The van der Waals surface area contributed by atoms with E-state index in [-0.39, 0.29) is 24.7 Å². The number of amides is 1. The van der Waals surface area contributed by atoms with Crippen molar-refractivity contribution in [1.82, 2.24) is 5.16 Å². The number of nitrogens with zero attached hydrogens (tertiary/aromatic N) is 1. The first-order valence-electron chi connectivity index (χ1n) is 6.15. The van der Waals surface area contributed by atoms with E-state index in [0.717, 1.165) is 21.3 Å². The maximum absolute atomic E-state index is 12.1. The van der Waals surface area contributed by atoms with Crippen molar-refractivity contribution < 1.29 is 9.32 Å². The summed E-state index contributed by atoms with van der Waals surface area (Å²) < 4.78 is 5.92. The van der Waals surface area contributed by atoms with E-state index in [2.05, 4.69) is 26.4 Å². The molecule has 0 aliphatic carbocycles. The van der Waals surface area contributed by atoms with Crippen LogP contribution >= 0.6 is 28.3 Å². The molecule has 1 heterocycles. The van der Waals surface area contributed by atoms with Crippen molar-refractivity contribution in [3.63, 3.8) is 0 Å². The lowest BCUT2D eigenvalue weighted by Crippen LogP contribution is -2.16. The van der Waals surface area contributed by atoms with Gasteiger partial charge in [-0.25, -0.2) is 0 Å². The topological polar surface area (TPSA) is 81.2 Å². The molecule has 114 valence electrons. The molecule has 1 aromatic heterocycles. The second-order valence-electron chi connectivity index (χ2n) is 4.71. The van der Waals surface area contributed by atoms with Crippen LogP contribution in [0.15, 0.2) is 21.1 Å². The number of aryl methyl sites for hydroxylation is 3. The Bertz CT molecular complexity index is 651. The normalized spacial score (nSPS) is 10.1. The average molecular weight is 375 g/mol. The summed E-state index contributed by atoms with van der Waals surface area (Å²) in [7, 11) is 0. The van der Waals surface area contributed by atoms with Crippen molar-refractivity contribution in [2.24, 2.45) is 0 Å². The van der Waals surface area contributed by atoms with Gasteiger partial charge in [-0.3, -0.25) is 4.79 Å². The summed E-state index contributed by atoms with van der Waals surface area (Å²) >= 11 is 3.39. The highest BCUT2D eigenvalue weighted by atomic mass is 79.9. The number of rotatable bonds is 3. The molecule has 7 heteroatoms. The molecule has 1 aromatic carbocycles. The molecule has 21 heavy (non-hydrogen) atoms. The molecule has 0 fully saturated rings. The first-order valence-corrected chi connectivity index (χ1v) is 6.95. The number of nitrogens with two attached hydrogens (primary N) is 1. The van der Waals surface area contributed by atoms with Gasteiger partial charge in [-0.05, 0) is 38.5 Å². The summed E-state index contributed by atoms with van der Waals surface area (Å²) in [5.74, 6) is 0.514. The van der Waals surface area contributed by atoms with Gasteiger partial charge in [-0.2, -0.15) is 0 Å². The molecular weight excluding hydrogens is 358 g/mol. The van der Waals surface area contributed by atoms with Crippen molar-refractivity contribution in [3.8, 4) is 0 Å². The molecular formula is C14H17BrClN3O2. The fourth-order valence-electron chi connectivity index (χ4n) is 1.97. The van der Waals surface area contributed by atoms with Crippen molar-refractivity contribution in [1.29, 1.82) is 0 Å². The number of benzene rings is 1. The highest BCUT2D eigenvalue weighted by Crippen LogP contribution is 2.27. The fraction of sp³-hybridized carbons (Fsp3) is 0.286. The van der Waals surface area contributed by atoms with E-state index in [9.17, 15) is 4.79 Å². The van der Waals surface area contributed by atoms with E-state index < -0.39 is 0 Å². The minimum absolute atomic E-state index is 0. The van der Waals surface area contributed by atoms with Gasteiger partial charge >= 0.3 is 0 Å². The molecule has 0 atom stereocenters. The molecule has 0 radical (unpaired) electrons. The van der Waals surface area contributed by atoms with Crippen LogP contribution in [0.3, 0.4) is 0 Å². The summed E-state index contributed by atoms with van der Waals surface area (Å²) in [6.45, 7) is 5.50. The smallest absolute Gasteiger partial charge is 0.229 e. The van der Waals surface area contributed by atoms with Crippen LogP contribution in [-0.4, -0.2) is 11.1 Å². The molecule has 0 aliphatic rings. The lowest BCUT2D eigenvalue weighted by molar-refractivity contribution is -0.115. The van der Waals surface area contributed by atoms with Crippen LogP contribution < -0.4 is 11.1 Å². The lowest BCUT2D eigenvalue weighted by atomic mass is 10.1. The predicted molar refractivity (Wildman–Crippen MR) is 88.9 cm³/mol. The summed E-state index contributed by atoms with van der Waals surface area (Å²) in [5, 5.41) is 6.66. The first-order chi connectivity index (χ1) is 9.38. The monoisotopic (exact) mass is 373 g/mol. The number of nitrogen functional groups attached to an aromatic ring is 1. The second-order valence-corrected chi connectivity index (χ2v) is 5.63. The van der Waals surface area contributed by atoms with Gasteiger partial charge in [0.1, 0.15) is 5.76 Å². The number of hydrogen-bond acceptors (Lipinski definition) is 4. The van der Waals surface area contributed by atoms with Gasteiger partial charge in [0.15, 0.2) is 0 Å². The Labute approximate surface area is 137 Å². The van der Waals surface area contributed by atoms with Gasteiger partial charge in [-0.1, -0.05) is 21.1 Å². The van der Waals surface area contributed by atoms with Crippen LogP contribution in [0.4, 0.5) is 11.4 Å². The van der Waals surface area contributed by atoms with Gasteiger partial charge in [0.2, 0.25) is 5.91 Å². The van der Waals surface area contributed by atoms with Crippen LogP contribution in [0.5, 0.6) is 0 Å². The van der Waals surface area contributed by atoms with Crippen LogP contribution in [-0.2, 0) is 11.2 Å². The zero-order valence-electron chi connectivity index (χ0n) is 12.0. The molecule has 0 bridgehead atoms. The average Bonchev–Trinajstić information content (AvgIpc) is 2.67. The third-order valence-electron chi connectivity index (χ3n) is 3.14. The van der Waals surface area contributed by atoms with Crippen LogP contribution in [0.2, 0.25) is 0 Å². The zero-order chi connectivity index (χ0) is 14.9. The zero-order valence-corrected chi connectivity index (χ0v) is 14.4. The Balaban J connectivity index is 0.00000220. The van der Waals surface area contributed by atoms with Gasteiger partial charge in [0, 0.05) is 10.0 Å². The number of aromatic nitrogens is 1. The first kappa shape index (κ1) is 17.5. The van der Waals surface area contributed by atoms with Crippen LogP contribution in [0, 0.1) is 20.8 Å². The van der Waals surface area contributed by atoms with Crippen LogP contribution in [0.25, 0.3) is 0 Å². The summed E-state index contributed by atoms with van der Waals surface area (Å²) in [6, 6.07) is 3.69. The number of hydrogen-bond donors (Lipinski definition) is 2. The molecule has 0 saturated heterocycles. The summed E-state index contributed by atoms with van der Waals surface area (Å²) in [6.07, 6.45) is 0.214. The molecule has 5 nitrogen and oxygen atoms in total. The lowest BCUT2D eigenvalue weighted by Gasteiger charge is -2.11. The van der Waals surface area contributed by atoms with E-state index in [1.165, 1.54) is 0 Å². The van der Waals surface area contributed by atoms with Crippen molar-refractivity contribution in [3.05, 3.63) is 39.2 Å². The van der Waals surface area contributed by atoms with Crippen molar-refractivity contribution in [2.75, 3.05) is 11.1 Å². The number of anilines is 2. The molecule has 2 rings (SSSR count). The Kier molecular flexibility index (Phi) is 5.80. The third-order valence-corrected chi connectivity index (χ3v) is 3.60. The van der Waals surface area contributed by atoms with Crippen molar-refractivity contribution in [2.45, 2.75) is 27.2 Å².